The summed E-state index contributed by atoms with van der Waals surface area (Å²) in [6.45, 7) is 1.24. The average molecular weight is 283 g/mol. The van der Waals surface area contributed by atoms with E-state index in [1.165, 1.54) is 16.6 Å². The maximum atomic E-state index is 11.8. The molecule has 5 heteroatoms. The predicted octanol–water partition coefficient (Wildman–Crippen LogP) is 2.86. The van der Waals surface area contributed by atoms with Crippen molar-refractivity contribution >= 4 is 40.0 Å². The summed E-state index contributed by atoms with van der Waals surface area (Å²) in [5.74, 6) is -0.214. The van der Waals surface area contributed by atoms with Gasteiger partial charge in [0.05, 0.1) is 0 Å². The van der Waals surface area contributed by atoms with Gasteiger partial charge in [-0.1, -0.05) is 41.4 Å². The second-order valence-electron chi connectivity index (χ2n) is 4.44. The van der Waals surface area contributed by atoms with Crippen molar-refractivity contribution in [3.8, 4) is 0 Å². The van der Waals surface area contributed by atoms with E-state index in [1.807, 2.05) is 18.2 Å². The van der Waals surface area contributed by atoms with Gasteiger partial charge >= 0.3 is 0 Å². The number of fused-ring (bicyclic) bond motifs is 3. The molecule has 1 aliphatic heterocycles. The summed E-state index contributed by atoms with van der Waals surface area (Å²) >= 11 is 11.3. The van der Waals surface area contributed by atoms with Gasteiger partial charge in [0.1, 0.15) is 0 Å². The number of aromatic amines is 1. The number of amides is 1. The number of benzene rings is 1. The summed E-state index contributed by atoms with van der Waals surface area (Å²) < 4.78 is 0. The van der Waals surface area contributed by atoms with Crippen LogP contribution in [0.15, 0.2) is 24.3 Å². The van der Waals surface area contributed by atoms with Gasteiger partial charge in [-0.05, 0) is 6.07 Å². The minimum Gasteiger partial charge on any atom is -0.358 e. The Bertz CT molecular complexity index is 606. The lowest BCUT2D eigenvalue weighted by molar-refractivity contribution is -0.130. The number of hydrogen-bond donors (Lipinski definition) is 1. The normalized spacial score (nSPS) is 15.2. The van der Waals surface area contributed by atoms with Crippen LogP contribution in [-0.2, 0) is 17.8 Å². The molecular formula is C13H12Cl2N2O. The summed E-state index contributed by atoms with van der Waals surface area (Å²) in [5, 5.41) is 1.17. The Labute approximate surface area is 115 Å². The molecule has 0 fully saturated rings. The van der Waals surface area contributed by atoms with Crippen molar-refractivity contribution < 1.29 is 4.79 Å². The molecule has 0 saturated carbocycles. The zero-order valence-corrected chi connectivity index (χ0v) is 11.1. The molecule has 1 aromatic carbocycles. The monoisotopic (exact) mass is 282 g/mol. The van der Waals surface area contributed by atoms with Crippen molar-refractivity contribution in [1.82, 2.24) is 9.88 Å². The van der Waals surface area contributed by atoms with E-state index in [2.05, 4.69) is 11.1 Å². The van der Waals surface area contributed by atoms with Gasteiger partial charge in [0.25, 0.3) is 5.91 Å². The van der Waals surface area contributed by atoms with Gasteiger partial charge in [-0.3, -0.25) is 4.79 Å². The van der Waals surface area contributed by atoms with Crippen molar-refractivity contribution in [1.29, 1.82) is 0 Å². The maximum Gasteiger partial charge on any atom is 0.256 e. The fraction of sp³-hybridized carbons (Fsp3) is 0.308. The molecule has 3 nitrogen and oxygen atoms in total. The number of carbonyl (C=O) groups is 1. The van der Waals surface area contributed by atoms with Gasteiger partial charge in [0.2, 0.25) is 0 Å². The summed E-state index contributed by atoms with van der Waals surface area (Å²) in [7, 11) is 0. The second kappa shape index (κ2) is 4.48. The maximum absolute atomic E-state index is 11.8. The third kappa shape index (κ3) is 1.88. The Kier molecular flexibility index (Phi) is 2.96. The minimum absolute atomic E-state index is 0.214. The van der Waals surface area contributed by atoms with Crippen LogP contribution in [0.25, 0.3) is 10.9 Å². The van der Waals surface area contributed by atoms with E-state index in [0.717, 1.165) is 11.9 Å². The first-order chi connectivity index (χ1) is 8.66. The smallest absolute Gasteiger partial charge is 0.256 e. The van der Waals surface area contributed by atoms with Gasteiger partial charge in [-0.25, -0.2) is 0 Å². The van der Waals surface area contributed by atoms with E-state index >= 15 is 0 Å². The number of nitrogens with one attached hydrogen (secondary N) is 1. The third-order valence-corrected chi connectivity index (χ3v) is 3.75. The lowest BCUT2D eigenvalue weighted by atomic mass is 10.0. The quantitative estimate of drug-likeness (QED) is 0.803. The molecule has 1 aliphatic rings. The van der Waals surface area contributed by atoms with Crippen LogP contribution in [0.1, 0.15) is 11.3 Å². The van der Waals surface area contributed by atoms with Crippen molar-refractivity contribution in [3.63, 3.8) is 0 Å². The van der Waals surface area contributed by atoms with Crippen LogP contribution in [0.5, 0.6) is 0 Å². The summed E-state index contributed by atoms with van der Waals surface area (Å²) in [5.41, 5.74) is 3.50. The Morgan fingerprint density at radius 1 is 1.33 bits per heavy atom. The number of halogens is 2. The van der Waals surface area contributed by atoms with Gasteiger partial charge in [-0.15, -0.1) is 0 Å². The highest BCUT2D eigenvalue weighted by molar-refractivity contribution is 6.53. The second-order valence-corrected chi connectivity index (χ2v) is 5.53. The van der Waals surface area contributed by atoms with E-state index in [9.17, 15) is 4.79 Å². The van der Waals surface area contributed by atoms with Crippen LogP contribution >= 0.6 is 23.2 Å². The Morgan fingerprint density at radius 3 is 2.89 bits per heavy atom. The van der Waals surface area contributed by atoms with Gasteiger partial charge in [0.15, 0.2) is 4.84 Å². The molecular weight excluding hydrogens is 271 g/mol. The molecule has 0 unspecified atom stereocenters. The summed E-state index contributed by atoms with van der Waals surface area (Å²) in [6, 6.07) is 8.12. The van der Waals surface area contributed by atoms with Crippen molar-refractivity contribution in [2.24, 2.45) is 0 Å². The molecule has 0 spiro atoms. The van der Waals surface area contributed by atoms with Gasteiger partial charge in [-0.2, -0.15) is 0 Å². The van der Waals surface area contributed by atoms with Gasteiger partial charge in [0, 0.05) is 41.7 Å². The van der Waals surface area contributed by atoms with Gasteiger partial charge < -0.3 is 9.88 Å². The summed E-state index contributed by atoms with van der Waals surface area (Å²) in [4.78, 5) is 16.0. The highest BCUT2D eigenvalue weighted by Crippen LogP contribution is 2.28. The summed E-state index contributed by atoms with van der Waals surface area (Å²) in [6.07, 6.45) is 0.816. The molecule has 0 atom stereocenters. The highest BCUT2D eigenvalue weighted by atomic mass is 35.5. The minimum atomic E-state index is -0.975. The molecule has 94 valence electrons. The number of aromatic nitrogens is 1. The van der Waals surface area contributed by atoms with E-state index in [1.54, 1.807) is 4.90 Å². The number of carbonyl (C=O) groups excluding carboxylic acids is 1. The molecule has 1 N–H and O–H groups in total. The van der Waals surface area contributed by atoms with Crippen molar-refractivity contribution in [2.75, 3.05) is 6.54 Å². The number of rotatable bonds is 1. The molecule has 18 heavy (non-hydrogen) atoms. The fourth-order valence-corrected chi connectivity index (χ4v) is 2.77. The number of para-hydroxylation sites is 1. The molecule has 3 rings (SSSR count). The third-order valence-electron chi connectivity index (χ3n) is 3.38. The van der Waals surface area contributed by atoms with Crippen LogP contribution in [0.2, 0.25) is 0 Å². The standard InChI is InChI=1S/C13H12Cl2N2O/c14-12(15)13(18)17-6-5-11-9(7-17)8-3-1-2-4-10(8)16-11/h1-4,12,16H,5-7H2. The molecule has 2 aromatic rings. The Balaban J connectivity index is 1.99. The van der Waals surface area contributed by atoms with E-state index in [-0.39, 0.29) is 5.91 Å². The topological polar surface area (TPSA) is 36.1 Å². The SMILES string of the molecule is O=C(C(Cl)Cl)N1CCc2[nH]c3ccccc3c2C1. The fourth-order valence-electron chi connectivity index (χ4n) is 2.49. The lowest BCUT2D eigenvalue weighted by Gasteiger charge is -2.27. The largest absolute Gasteiger partial charge is 0.358 e. The Hall–Kier alpha value is -1.19. The molecule has 0 bridgehead atoms. The van der Waals surface area contributed by atoms with Crippen LogP contribution < -0.4 is 0 Å². The molecule has 1 aromatic heterocycles. The molecule has 0 saturated heterocycles. The Morgan fingerprint density at radius 2 is 2.11 bits per heavy atom. The zero-order chi connectivity index (χ0) is 12.7. The molecule has 2 heterocycles. The zero-order valence-electron chi connectivity index (χ0n) is 9.62. The molecule has 1 amide bonds. The first-order valence-corrected chi connectivity index (χ1v) is 6.69. The average Bonchev–Trinajstić information content (AvgIpc) is 2.75. The van der Waals surface area contributed by atoms with Crippen molar-refractivity contribution in [3.05, 3.63) is 35.5 Å². The van der Waals surface area contributed by atoms with Crippen LogP contribution in [-0.4, -0.2) is 27.2 Å². The molecule has 0 radical (unpaired) electrons. The number of H-pyrrole nitrogens is 1. The van der Waals surface area contributed by atoms with Crippen LogP contribution in [0, 0.1) is 0 Å². The first-order valence-electron chi connectivity index (χ1n) is 5.82. The lowest BCUT2D eigenvalue weighted by Crippen LogP contribution is -2.38. The number of hydrogen-bond acceptors (Lipinski definition) is 1. The van der Waals surface area contributed by atoms with E-state index in [4.69, 9.17) is 23.2 Å². The van der Waals surface area contributed by atoms with Crippen LogP contribution in [0.3, 0.4) is 0 Å². The van der Waals surface area contributed by atoms with Crippen LogP contribution in [0.4, 0.5) is 0 Å². The van der Waals surface area contributed by atoms with E-state index < -0.39 is 4.84 Å². The van der Waals surface area contributed by atoms with E-state index in [0.29, 0.717) is 13.1 Å². The number of alkyl halides is 2. The predicted molar refractivity (Wildman–Crippen MR) is 72.9 cm³/mol. The number of nitrogens with zero attached hydrogens (tertiary/aromatic N) is 1. The van der Waals surface area contributed by atoms with Crippen molar-refractivity contribution in [2.45, 2.75) is 17.8 Å². The first kappa shape index (κ1) is 11.9. The molecule has 0 aliphatic carbocycles. The highest BCUT2D eigenvalue weighted by Gasteiger charge is 2.26.